The Morgan fingerprint density at radius 3 is 2.42 bits per heavy atom. The number of amides is 1. The van der Waals surface area contributed by atoms with Crippen molar-refractivity contribution in [1.82, 2.24) is 4.98 Å². The Balaban J connectivity index is 1.62. The number of aliphatic hydroxyl groups is 1. The van der Waals surface area contributed by atoms with E-state index in [0.717, 1.165) is 7.11 Å². The molecule has 4 N–H and O–H groups in total. The van der Waals surface area contributed by atoms with Crippen LogP contribution in [0.25, 0.3) is 10.9 Å². The summed E-state index contributed by atoms with van der Waals surface area (Å²) in [6.07, 6.45) is 0. The fourth-order valence-electron chi connectivity index (χ4n) is 5.33. The van der Waals surface area contributed by atoms with Crippen molar-refractivity contribution in [3.63, 3.8) is 0 Å². The predicted octanol–water partition coefficient (Wildman–Crippen LogP) is 2.18. The number of esters is 1. The summed E-state index contributed by atoms with van der Waals surface area (Å²) in [4.78, 5) is 44.1. The number of rotatable bonds is 6. The molecule has 0 saturated carbocycles. The Labute approximate surface area is 217 Å². The van der Waals surface area contributed by atoms with Gasteiger partial charge in [0.25, 0.3) is 5.91 Å². The molecule has 5 rings (SSSR count). The standard InChI is InChI=1S/C26H27N3O9/c1-26(25(34)38-5)23(32)18-17-12(10-30)9-29(14(17)8-15(31)20(18)28-26)24(33)13-6-11-7-16(35-2)21(36-3)22(37-4)19(11)27-13/h6-8,12,27-28,30-31H,9-10H2,1-5H3/t12-,26+/m0/s1. The maximum absolute atomic E-state index is 13.8. The molecule has 0 aliphatic carbocycles. The van der Waals surface area contributed by atoms with Crippen LogP contribution in [0.1, 0.15) is 39.3 Å². The van der Waals surface area contributed by atoms with Crippen molar-refractivity contribution in [2.75, 3.05) is 51.8 Å². The number of aromatic hydroxyl groups is 1. The van der Waals surface area contributed by atoms with Gasteiger partial charge in [0, 0.05) is 23.9 Å². The van der Waals surface area contributed by atoms with Gasteiger partial charge in [-0.05, 0) is 24.6 Å². The van der Waals surface area contributed by atoms with Gasteiger partial charge in [0.15, 0.2) is 17.0 Å². The summed E-state index contributed by atoms with van der Waals surface area (Å²) in [5.74, 6) is -1.73. The molecule has 12 nitrogen and oxygen atoms in total. The molecule has 1 amide bonds. The van der Waals surface area contributed by atoms with Crippen molar-refractivity contribution in [2.45, 2.75) is 18.4 Å². The van der Waals surface area contributed by atoms with Gasteiger partial charge in [-0.15, -0.1) is 0 Å². The van der Waals surface area contributed by atoms with E-state index in [0.29, 0.717) is 33.7 Å². The number of Topliss-reactive ketones (excluding diaryl/α,β-unsaturated/α-hetero) is 1. The number of aliphatic hydroxyl groups excluding tert-OH is 1. The average molecular weight is 526 g/mol. The number of ketones is 1. The molecular weight excluding hydrogens is 498 g/mol. The number of carbonyl (C=O) groups is 3. The third-order valence-corrected chi connectivity index (χ3v) is 7.19. The number of methoxy groups -OCH3 is 4. The van der Waals surface area contributed by atoms with Gasteiger partial charge in [-0.1, -0.05) is 0 Å². The third-order valence-electron chi connectivity index (χ3n) is 7.19. The smallest absolute Gasteiger partial charge is 0.339 e. The van der Waals surface area contributed by atoms with Gasteiger partial charge >= 0.3 is 5.97 Å². The van der Waals surface area contributed by atoms with E-state index in [1.807, 2.05) is 0 Å². The molecule has 2 atom stereocenters. The molecular formula is C26H27N3O9. The van der Waals surface area contributed by atoms with Gasteiger partial charge in [-0.25, -0.2) is 4.79 Å². The van der Waals surface area contributed by atoms with Gasteiger partial charge < -0.3 is 44.4 Å². The number of aromatic amines is 1. The van der Waals surface area contributed by atoms with Crippen LogP contribution in [0.4, 0.5) is 11.4 Å². The Morgan fingerprint density at radius 2 is 1.82 bits per heavy atom. The van der Waals surface area contributed by atoms with E-state index in [1.165, 1.54) is 39.2 Å². The molecule has 12 heteroatoms. The molecule has 2 aliphatic rings. The SMILES string of the molecule is COC(=O)[C@]1(C)Nc2c(O)cc3c(c2C1=O)[C@H](CO)CN3C(=O)c1cc2cc(OC)c(OC)c(OC)c2[nH]1. The van der Waals surface area contributed by atoms with E-state index >= 15 is 0 Å². The van der Waals surface area contributed by atoms with E-state index in [9.17, 15) is 24.6 Å². The van der Waals surface area contributed by atoms with E-state index in [2.05, 4.69) is 10.3 Å². The number of fused-ring (bicyclic) bond motifs is 4. The largest absolute Gasteiger partial charge is 0.506 e. The Morgan fingerprint density at radius 1 is 1.11 bits per heavy atom. The van der Waals surface area contributed by atoms with Crippen LogP contribution in [0.5, 0.6) is 23.0 Å². The van der Waals surface area contributed by atoms with Gasteiger partial charge in [0.2, 0.25) is 11.5 Å². The van der Waals surface area contributed by atoms with Gasteiger partial charge in [0.05, 0.1) is 57.5 Å². The number of nitrogens with zero attached hydrogens (tertiary/aromatic N) is 1. The fourth-order valence-corrected chi connectivity index (χ4v) is 5.33. The first kappa shape index (κ1) is 25.2. The van der Waals surface area contributed by atoms with Crippen molar-refractivity contribution in [3.8, 4) is 23.0 Å². The molecule has 3 heterocycles. The number of H-pyrrole nitrogens is 1. The summed E-state index contributed by atoms with van der Waals surface area (Å²) in [7, 11) is 5.60. The highest BCUT2D eigenvalue weighted by atomic mass is 16.5. The lowest BCUT2D eigenvalue weighted by atomic mass is 9.89. The first-order valence-electron chi connectivity index (χ1n) is 11.7. The van der Waals surface area contributed by atoms with Gasteiger partial charge in [-0.2, -0.15) is 0 Å². The summed E-state index contributed by atoms with van der Waals surface area (Å²) in [6, 6.07) is 4.68. The van der Waals surface area contributed by atoms with E-state index in [-0.39, 0.29) is 41.5 Å². The van der Waals surface area contributed by atoms with Crippen LogP contribution in [0, 0.1) is 0 Å². The first-order valence-corrected chi connectivity index (χ1v) is 11.7. The van der Waals surface area contributed by atoms with E-state index in [1.54, 1.807) is 12.1 Å². The minimum absolute atomic E-state index is 0.0436. The van der Waals surface area contributed by atoms with Crippen LogP contribution in [0.2, 0.25) is 0 Å². The molecule has 2 aromatic carbocycles. The van der Waals surface area contributed by atoms with Gasteiger partial charge in [-0.3, -0.25) is 9.59 Å². The van der Waals surface area contributed by atoms with Gasteiger partial charge in [0.1, 0.15) is 11.4 Å². The second kappa shape index (κ2) is 8.84. The Bertz CT molecular complexity index is 1510. The highest BCUT2D eigenvalue weighted by Crippen LogP contribution is 2.51. The number of phenolic OH excluding ortho intramolecular Hbond substituents is 1. The molecule has 0 unspecified atom stereocenters. The minimum atomic E-state index is -1.76. The molecule has 200 valence electrons. The van der Waals surface area contributed by atoms with Crippen molar-refractivity contribution < 1.29 is 43.5 Å². The van der Waals surface area contributed by atoms with Crippen LogP contribution in [0.3, 0.4) is 0 Å². The van der Waals surface area contributed by atoms with Crippen molar-refractivity contribution >= 4 is 39.9 Å². The predicted molar refractivity (Wildman–Crippen MR) is 136 cm³/mol. The average Bonchev–Trinajstić information content (AvgIpc) is 3.59. The second-order valence-electron chi connectivity index (χ2n) is 9.24. The number of benzene rings is 2. The van der Waals surface area contributed by atoms with Crippen molar-refractivity contribution in [3.05, 3.63) is 35.0 Å². The number of hydrogen-bond donors (Lipinski definition) is 4. The first-order chi connectivity index (χ1) is 18.1. The lowest BCUT2D eigenvalue weighted by Gasteiger charge is -2.20. The highest BCUT2D eigenvalue weighted by molar-refractivity contribution is 6.26. The fraction of sp³-hybridized carbons (Fsp3) is 0.346. The van der Waals surface area contributed by atoms with E-state index < -0.39 is 29.1 Å². The quantitative estimate of drug-likeness (QED) is 0.213. The molecule has 38 heavy (non-hydrogen) atoms. The van der Waals surface area contributed by atoms with Crippen LogP contribution < -0.4 is 24.4 Å². The Kier molecular flexibility index (Phi) is 5.86. The number of carbonyl (C=O) groups excluding carboxylic acids is 3. The summed E-state index contributed by atoms with van der Waals surface area (Å²) in [5, 5.41) is 24.4. The highest BCUT2D eigenvalue weighted by Gasteiger charge is 2.53. The lowest BCUT2D eigenvalue weighted by molar-refractivity contribution is -0.143. The zero-order valence-electron chi connectivity index (χ0n) is 21.4. The summed E-state index contributed by atoms with van der Waals surface area (Å²) in [5.41, 5.74) is -0.309. The third kappa shape index (κ3) is 3.29. The Hall–Kier alpha value is -4.45. The maximum atomic E-state index is 13.8. The molecule has 1 aromatic heterocycles. The minimum Gasteiger partial charge on any atom is -0.506 e. The maximum Gasteiger partial charge on any atom is 0.339 e. The molecule has 0 saturated heterocycles. The number of aromatic nitrogens is 1. The summed E-state index contributed by atoms with van der Waals surface area (Å²) >= 11 is 0. The number of phenols is 1. The van der Waals surface area contributed by atoms with Crippen molar-refractivity contribution in [1.29, 1.82) is 0 Å². The van der Waals surface area contributed by atoms with Crippen LogP contribution in [0.15, 0.2) is 18.2 Å². The number of ether oxygens (including phenoxy) is 4. The topological polar surface area (TPSA) is 160 Å². The number of anilines is 2. The molecule has 0 spiro atoms. The molecule has 2 aliphatic heterocycles. The van der Waals surface area contributed by atoms with Crippen LogP contribution >= 0.6 is 0 Å². The normalized spacial score (nSPS) is 19.7. The van der Waals surface area contributed by atoms with E-state index in [4.69, 9.17) is 18.9 Å². The molecule has 0 bridgehead atoms. The zero-order valence-corrected chi connectivity index (χ0v) is 21.4. The monoisotopic (exact) mass is 525 g/mol. The number of nitrogens with one attached hydrogen (secondary N) is 2. The van der Waals surface area contributed by atoms with Crippen molar-refractivity contribution in [2.24, 2.45) is 0 Å². The van der Waals surface area contributed by atoms with Crippen LogP contribution in [-0.4, -0.2) is 80.0 Å². The molecule has 3 aromatic rings. The molecule has 0 fully saturated rings. The lowest BCUT2D eigenvalue weighted by Crippen LogP contribution is -2.47. The zero-order chi connectivity index (χ0) is 27.5. The summed E-state index contributed by atoms with van der Waals surface area (Å²) in [6.45, 7) is 1.03. The summed E-state index contributed by atoms with van der Waals surface area (Å²) < 4.78 is 21.1. The second-order valence-corrected chi connectivity index (χ2v) is 9.24. The number of hydrogen-bond acceptors (Lipinski definition) is 10. The van der Waals surface area contributed by atoms with Crippen LogP contribution in [-0.2, 0) is 9.53 Å². The molecule has 0 radical (unpaired) electrons.